The number of hydrogen-bond acceptors (Lipinski definition) is 4. The molecular formula is C29H62N2O4. The average molecular weight is 503 g/mol. The maximum absolute atomic E-state index is 9.66. The molecule has 0 aliphatic heterocycles. The zero-order valence-electron chi connectivity index (χ0n) is 24.5. The highest BCUT2D eigenvalue weighted by atomic mass is 16.4. The van der Waals surface area contributed by atoms with Gasteiger partial charge in [-0.15, -0.1) is 0 Å². The van der Waals surface area contributed by atoms with Gasteiger partial charge in [0.2, 0.25) is 0 Å². The first-order chi connectivity index (χ1) is 16.8. The van der Waals surface area contributed by atoms with Crippen molar-refractivity contribution in [3.63, 3.8) is 0 Å². The predicted octanol–water partition coefficient (Wildman–Crippen LogP) is 2.20. The van der Waals surface area contributed by atoms with E-state index in [1.54, 1.807) is 0 Å². The monoisotopic (exact) mass is 502 g/mol. The molecule has 0 aromatic carbocycles. The number of carbonyl (C=O) groups excluding carboxylic acids is 2. The smallest absolute Gasteiger partial charge is 0.0770 e. The van der Waals surface area contributed by atoms with Gasteiger partial charge in [0.25, 0.3) is 0 Å². The van der Waals surface area contributed by atoms with Crippen LogP contribution in [0.4, 0.5) is 0 Å². The molecule has 2 N–H and O–H groups in total. The fourth-order valence-electron chi connectivity index (χ4n) is 3.69. The van der Waals surface area contributed by atoms with Crippen molar-refractivity contribution in [2.24, 2.45) is 0 Å². The number of quaternary nitrogens is 2. The molecule has 35 heavy (non-hydrogen) atoms. The van der Waals surface area contributed by atoms with Crippen molar-refractivity contribution in [3.8, 4) is 0 Å². The zero-order valence-corrected chi connectivity index (χ0v) is 24.5. The highest BCUT2D eigenvalue weighted by Crippen LogP contribution is 1.91. The lowest BCUT2D eigenvalue weighted by atomic mass is 10.2. The maximum Gasteiger partial charge on any atom is 0.0770 e. The first-order valence-corrected chi connectivity index (χ1v) is 14.9. The van der Waals surface area contributed by atoms with Crippen LogP contribution in [-0.2, 0) is 9.59 Å². The van der Waals surface area contributed by atoms with E-state index in [0.717, 1.165) is 0 Å². The summed E-state index contributed by atoms with van der Waals surface area (Å²) in [5.41, 5.74) is 0. The minimum atomic E-state index is -1.23. The lowest BCUT2D eigenvalue weighted by molar-refractivity contribution is -0.900. The Hall–Kier alpha value is -1.14. The van der Waals surface area contributed by atoms with Gasteiger partial charge in [0.1, 0.15) is 0 Å². The molecule has 0 bridgehead atoms. The molecule has 212 valence electrons. The van der Waals surface area contributed by atoms with Crippen LogP contribution in [0.1, 0.15) is 138 Å². The summed E-state index contributed by atoms with van der Waals surface area (Å²) >= 11 is 0. The second-order valence-corrected chi connectivity index (χ2v) is 9.72. The Labute approximate surface area is 218 Å². The molecule has 0 heterocycles. The van der Waals surface area contributed by atoms with Crippen molar-refractivity contribution < 1.29 is 29.6 Å². The zero-order chi connectivity index (χ0) is 27.2. The van der Waals surface area contributed by atoms with Crippen LogP contribution in [0.2, 0.25) is 0 Å². The Morgan fingerprint density at radius 1 is 0.429 bits per heavy atom. The maximum atomic E-state index is 9.66. The van der Waals surface area contributed by atoms with Crippen molar-refractivity contribution >= 4 is 11.9 Å². The molecule has 0 radical (unpaired) electrons. The molecule has 0 aliphatic rings. The van der Waals surface area contributed by atoms with Gasteiger partial charge in [-0.25, -0.2) is 0 Å². The summed E-state index contributed by atoms with van der Waals surface area (Å²) in [7, 11) is 0. The Kier molecular flexibility index (Phi) is 36.0. The summed E-state index contributed by atoms with van der Waals surface area (Å²) in [5, 5.41) is 19.3. The van der Waals surface area contributed by atoms with E-state index in [-0.39, 0.29) is 19.3 Å². The van der Waals surface area contributed by atoms with E-state index in [9.17, 15) is 19.8 Å². The molecule has 6 nitrogen and oxygen atoms in total. The number of carboxylic acid groups (broad SMARTS) is 2. The van der Waals surface area contributed by atoms with Crippen molar-refractivity contribution in [2.45, 2.75) is 138 Å². The largest absolute Gasteiger partial charge is 0.550 e. The molecule has 0 saturated heterocycles. The molecule has 0 atom stereocenters. The minimum Gasteiger partial charge on any atom is -0.550 e. The van der Waals surface area contributed by atoms with Gasteiger partial charge < -0.3 is 29.6 Å². The highest BCUT2D eigenvalue weighted by molar-refractivity contribution is 5.67. The summed E-state index contributed by atoms with van der Waals surface area (Å²) in [5.74, 6) is -2.45. The van der Waals surface area contributed by atoms with Gasteiger partial charge in [0.15, 0.2) is 0 Å². The summed E-state index contributed by atoms with van der Waals surface area (Å²) in [6.07, 6.45) is 16.2. The molecule has 0 aromatic rings. The van der Waals surface area contributed by atoms with Crippen LogP contribution in [0.15, 0.2) is 0 Å². The molecule has 0 aliphatic carbocycles. The van der Waals surface area contributed by atoms with Crippen molar-refractivity contribution in [3.05, 3.63) is 0 Å². The molecule has 0 unspecified atom stereocenters. The number of carbonyl (C=O) groups is 2. The molecule has 0 saturated carbocycles. The molecule has 6 heteroatoms. The van der Waals surface area contributed by atoms with Crippen molar-refractivity contribution in [1.82, 2.24) is 0 Å². The number of nitrogens with one attached hydrogen (secondary N) is 2. The van der Waals surface area contributed by atoms with E-state index < -0.39 is 11.9 Å². The van der Waals surface area contributed by atoms with Crippen LogP contribution in [0.5, 0.6) is 0 Å². The third kappa shape index (κ3) is 37.6. The van der Waals surface area contributed by atoms with Crippen LogP contribution < -0.4 is 20.0 Å². The average Bonchev–Trinajstić information content (AvgIpc) is 2.83. The number of hydrogen-bond donors (Lipinski definition) is 2. The molecule has 0 rings (SSSR count). The van der Waals surface area contributed by atoms with E-state index in [0.29, 0.717) is 0 Å². The van der Waals surface area contributed by atoms with E-state index in [2.05, 4.69) is 41.5 Å². The van der Waals surface area contributed by atoms with Gasteiger partial charge in [-0.3, -0.25) is 0 Å². The topological polar surface area (TPSA) is 89.1 Å². The predicted molar refractivity (Wildman–Crippen MR) is 144 cm³/mol. The fraction of sp³-hybridized carbons (Fsp3) is 0.931. The normalized spacial score (nSPS) is 10.5. The Morgan fingerprint density at radius 2 is 0.629 bits per heavy atom. The van der Waals surface area contributed by atoms with Gasteiger partial charge in [0, 0.05) is 11.9 Å². The second kappa shape index (κ2) is 32.9. The van der Waals surface area contributed by atoms with Gasteiger partial charge in [-0.05, 0) is 57.8 Å². The third-order valence-corrected chi connectivity index (χ3v) is 6.07. The van der Waals surface area contributed by atoms with E-state index >= 15 is 0 Å². The first kappa shape index (κ1) is 38.4. The van der Waals surface area contributed by atoms with E-state index in [1.165, 1.54) is 116 Å². The molecule has 0 aromatic heterocycles. The third-order valence-electron chi connectivity index (χ3n) is 6.07. The molecule has 0 amide bonds. The molecule has 0 spiro atoms. The number of unbranched alkanes of at least 4 members (excludes halogenated alkanes) is 6. The van der Waals surface area contributed by atoms with Crippen LogP contribution in [0.3, 0.4) is 0 Å². The molecular weight excluding hydrogens is 440 g/mol. The lowest BCUT2D eigenvalue weighted by Crippen LogP contribution is -3.12. The summed E-state index contributed by atoms with van der Waals surface area (Å²) < 4.78 is 0. The van der Waals surface area contributed by atoms with Gasteiger partial charge in [-0.1, -0.05) is 80.1 Å². The van der Waals surface area contributed by atoms with E-state index in [1.807, 2.05) is 9.80 Å². The lowest BCUT2D eigenvalue weighted by Gasteiger charge is -2.18. The van der Waals surface area contributed by atoms with Gasteiger partial charge in [0.05, 0.1) is 39.3 Å². The summed E-state index contributed by atoms with van der Waals surface area (Å²) in [6, 6.07) is 0. The first-order valence-electron chi connectivity index (χ1n) is 14.9. The van der Waals surface area contributed by atoms with Gasteiger partial charge in [-0.2, -0.15) is 0 Å². The molecule has 0 fully saturated rings. The standard InChI is InChI=1S/2C12H27N.C5H8O4/c2*1-4-7-10-13(11-8-5-2)12-9-6-3;6-4(7)2-1-3-5(8)9/h2*4-12H2,1-3H3;1-3H2,(H,6,7)(H,8,9). The Balaban J connectivity index is -0.000000448. The highest BCUT2D eigenvalue weighted by Gasteiger charge is 2.06. The fourth-order valence-corrected chi connectivity index (χ4v) is 3.69. The Bertz CT molecular complexity index is 357. The van der Waals surface area contributed by atoms with Crippen LogP contribution >= 0.6 is 0 Å². The quantitative estimate of drug-likeness (QED) is 0.238. The number of rotatable bonds is 22. The SMILES string of the molecule is CCCC[NH+](CCCC)CCCC.CCCC[NH+](CCCC)CCCC.O=C([O-])CCCC(=O)[O-]. The van der Waals surface area contributed by atoms with Crippen molar-refractivity contribution in [1.29, 1.82) is 0 Å². The minimum absolute atomic E-state index is 0.0880. The van der Waals surface area contributed by atoms with Crippen LogP contribution in [0.25, 0.3) is 0 Å². The van der Waals surface area contributed by atoms with Crippen LogP contribution in [0, 0.1) is 0 Å². The number of aliphatic carboxylic acids is 2. The Morgan fingerprint density at radius 3 is 0.771 bits per heavy atom. The van der Waals surface area contributed by atoms with E-state index in [4.69, 9.17) is 0 Å². The summed E-state index contributed by atoms with van der Waals surface area (Å²) in [6.45, 7) is 22.1. The summed E-state index contributed by atoms with van der Waals surface area (Å²) in [4.78, 5) is 23.0. The van der Waals surface area contributed by atoms with Gasteiger partial charge >= 0.3 is 0 Å². The second-order valence-electron chi connectivity index (χ2n) is 9.72. The van der Waals surface area contributed by atoms with Crippen molar-refractivity contribution in [2.75, 3.05) is 39.3 Å². The number of carboxylic acids is 2. The van der Waals surface area contributed by atoms with Crippen LogP contribution in [-0.4, -0.2) is 51.2 Å².